The van der Waals surface area contributed by atoms with Crippen LogP contribution in [0.1, 0.15) is 51.5 Å². The molecule has 2 atom stereocenters. The molecule has 1 aromatic carbocycles. The van der Waals surface area contributed by atoms with Crippen LogP contribution in [-0.2, 0) is 4.74 Å². The number of carbonyl (C=O) groups is 1. The minimum absolute atomic E-state index is 0.241. The van der Waals surface area contributed by atoms with Crippen LogP contribution in [0, 0.1) is 17.7 Å². The third kappa shape index (κ3) is 4.86. The SMILES string of the molecule is CC(C)(C)OC(=O)NCC1C[C@H]1c1cc(F)ccc1OCC1CC1. The Labute approximate surface area is 142 Å². The van der Waals surface area contributed by atoms with Crippen LogP contribution in [0.5, 0.6) is 5.75 Å². The summed E-state index contributed by atoms with van der Waals surface area (Å²) < 4.78 is 24.7. The number of benzene rings is 1. The van der Waals surface area contributed by atoms with Gasteiger partial charge in [-0.2, -0.15) is 0 Å². The summed E-state index contributed by atoms with van der Waals surface area (Å²) in [6.45, 7) is 6.76. The summed E-state index contributed by atoms with van der Waals surface area (Å²) >= 11 is 0. The van der Waals surface area contributed by atoms with Gasteiger partial charge in [-0.1, -0.05) is 0 Å². The number of carbonyl (C=O) groups excluding carboxylic acids is 1. The van der Waals surface area contributed by atoms with E-state index < -0.39 is 11.7 Å². The van der Waals surface area contributed by atoms with Gasteiger partial charge in [0.2, 0.25) is 0 Å². The van der Waals surface area contributed by atoms with Gasteiger partial charge in [-0.3, -0.25) is 0 Å². The highest BCUT2D eigenvalue weighted by molar-refractivity contribution is 5.67. The van der Waals surface area contributed by atoms with Gasteiger partial charge in [0.15, 0.2) is 0 Å². The fraction of sp³-hybridized carbons (Fsp3) is 0.632. The summed E-state index contributed by atoms with van der Waals surface area (Å²) in [7, 11) is 0. The van der Waals surface area contributed by atoms with E-state index in [4.69, 9.17) is 9.47 Å². The highest BCUT2D eigenvalue weighted by atomic mass is 19.1. The first kappa shape index (κ1) is 17.1. The Morgan fingerprint density at radius 1 is 1.33 bits per heavy atom. The van der Waals surface area contributed by atoms with E-state index in [1.165, 1.54) is 18.9 Å². The van der Waals surface area contributed by atoms with Gasteiger partial charge in [0, 0.05) is 12.1 Å². The van der Waals surface area contributed by atoms with E-state index in [2.05, 4.69) is 5.32 Å². The Bertz CT molecular complexity index is 607. The number of halogens is 1. The van der Waals surface area contributed by atoms with Gasteiger partial charge >= 0.3 is 6.09 Å². The minimum Gasteiger partial charge on any atom is -0.493 e. The first-order valence-corrected chi connectivity index (χ1v) is 8.71. The molecule has 0 spiro atoms. The van der Waals surface area contributed by atoms with Gasteiger partial charge in [-0.05, 0) is 76.0 Å². The Kier molecular flexibility index (Phi) is 4.70. The quantitative estimate of drug-likeness (QED) is 0.846. The van der Waals surface area contributed by atoms with E-state index in [0.29, 0.717) is 25.0 Å². The van der Waals surface area contributed by atoms with Crippen molar-refractivity contribution in [3.8, 4) is 5.75 Å². The Morgan fingerprint density at radius 3 is 2.75 bits per heavy atom. The molecule has 0 aliphatic heterocycles. The van der Waals surface area contributed by atoms with E-state index in [1.807, 2.05) is 20.8 Å². The molecule has 2 fully saturated rings. The van der Waals surface area contributed by atoms with Crippen LogP contribution in [0.2, 0.25) is 0 Å². The van der Waals surface area contributed by atoms with Gasteiger partial charge in [-0.25, -0.2) is 9.18 Å². The van der Waals surface area contributed by atoms with Gasteiger partial charge in [0.25, 0.3) is 0 Å². The molecule has 4 nitrogen and oxygen atoms in total. The lowest BCUT2D eigenvalue weighted by Crippen LogP contribution is -2.33. The highest BCUT2D eigenvalue weighted by Gasteiger charge is 2.40. The molecule has 24 heavy (non-hydrogen) atoms. The van der Waals surface area contributed by atoms with E-state index in [-0.39, 0.29) is 11.7 Å². The van der Waals surface area contributed by atoms with E-state index in [1.54, 1.807) is 12.1 Å². The molecule has 2 saturated carbocycles. The van der Waals surface area contributed by atoms with Crippen molar-refractivity contribution in [3.63, 3.8) is 0 Å². The van der Waals surface area contributed by atoms with Crippen LogP contribution < -0.4 is 10.1 Å². The molecule has 5 heteroatoms. The van der Waals surface area contributed by atoms with Crippen LogP contribution >= 0.6 is 0 Å². The van der Waals surface area contributed by atoms with Crippen LogP contribution in [0.15, 0.2) is 18.2 Å². The second-order valence-electron chi connectivity index (χ2n) is 7.92. The molecule has 0 bridgehead atoms. The lowest BCUT2D eigenvalue weighted by Gasteiger charge is -2.19. The molecule has 3 rings (SSSR count). The van der Waals surface area contributed by atoms with Crippen molar-refractivity contribution in [1.29, 1.82) is 0 Å². The monoisotopic (exact) mass is 335 g/mol. The summed E-state index contributed by atoms with van der Waals surface area (Å²) in [6, 6.07) is 4.74. The van der Waals surface area contributed by atoms with Crippen molar-refractivity contribution in [2.24, 2.45) is 11.8 Å². The zero-order valence-electron chi connectivity index (χ0n) is 14.6. The average molecular weight is 335 g/mol. The molecule has 132 valence electrons. The van der Waals surface area contributed by atoms with E-state index in [9.17, 15) is 9.18 Å². The predicted molar refractivity (Wildman–Crippen MR) is 89.7 cm³/mol. The number of hydrogen-bond acceptors (Lipinski definition) is 3. The topological polar surface area (TPSA) is 47.6 Å². The molecule has 0 aromatic heterocycles. The number of nitrogens with one attached hydrogen (secondary N) is 1. The first-order valence-electron chi connectivity index (χ1n) is 8.71. The summed E-state index contributed by atoms with van der Waals surface area (Å²) in [5.41, 5.74) is 0.422. The molecule has 2 aliphatic rings. The molecular weight excluding hydrogens is 309 g/mol. The third-order valence-electron chi connectivity index (χ3n) is 4.37. The average Bonchev–Trinajstić information content (AvgIpc) is 3.36. The van der Waals surface area contributed by atoms with Gasteiger partial charge < -0.3 is 14.8 Å². The van der Waals surface area contributed by atoms with Crippen molar-refractivity contribution in [3.05, 3.63) is 29.6 Å². The summed E-state index contributed by atoms with van der Waals surface area (Å²) in [5.74, 6) is 1.75. The summed E-state index contributed by atoms with van der Waals surface area (Å²) in [4.78, 5) is 11.7. The van der Waals surface area contributed by atoms with Crippen LogP contribution in [-0.4, -0.2) is 24.8 Å². The summed E-state index contributed by atoms with van der Waals surface area (Å²) in [6.07, 6.45) is 2.97. The maximum absolute atomic E-state index is 13.6. The number of rotatable bonds is 6. The number of hydrogen-bond donors (Lipinski definition) is 1. The third-order valence-corrected chi connectivity index (χ3v) is 4.37. The molecule has 0 heterocycles. The molecule has 0 radical (unpaired) electrons. The van der Waals surface area contributed by atoms with Crippen molar-refractivity contribution in [2.75, 3.05) is 13.2 Å². The van der Waals surface area contributed by atoms with E-state index in [0.717, 1.165) is 17.7 Å². The lowest BCUT2D eigenvalue weighted by molar-refractivity contribution is 0.0525. The second-order valence-corrected chi connectivity index (χ2v) is 7.92. The van der Waals surface area contributed by atoms with Gasteiger partial charge in [0.1, 0.15) is 17.2 Å². The zero-order valence-corrected chi connectivity index (χ0v) is 14.6. The molecule has 0 saturated heterocycles. The van der Waals surface area contributed by atoms with Crippen molar-refractivity contribution < 1.29 is 18.7 Å². The fourth-order valence-electron chi connectivity index (χ4n) is 2.82. The maximum atomic E-state index is 13.6. The van der Waals surface area contributed by atoms with Crippen LogP contribution in [0.4, 0.5) is 9.18 Å². The highest BCUT2D eigenvalue weighted by Crippen LogP contribution is 2.50. The molecule has 2 aliphatic carbocycles. The van der Waals surface area contributed by atoms with Crippen LogP contribution in [0.3, 0.4) is 0 Å². The smallest absolute Gasteiger partial charge is 0.407 e. The van der Waals surface area contributed by atoms with Gasteiger partial charge in [0.05, 0.1) is 6.61 Å². The standard InChI is InChI=1S/C19H26FNO3/c1-19(2,3)24-18(22)21-10-13-8-15(13)16-9-14(20)6-7-17(16)23-11-12-4-5-12/h6-7,9,12-13,15H,4-5,8,10-11H2,1-3H3,(H,21,22)/t13?,15-/m1/s1. The number of ether oxygens (including phenoxy) is 2. The predicted octanol–water partition coefficient (Wildman–Crippen LogP) is 4.24. The Balaban J connectivity index is 1.54. The second kappa shape index (κ2) is 6.61. The molecule has 1 amide bonds. The number of amides is 1. The molecule has 1 N–H and O–H groups in total. The zero-order chi connectivity index (χ0) is 17.3. The van der Waals surface area contributed by atoms with Crippen molar-refractivity contribution in [1.82, 2.24) is 5.32 Å². The maximum Gasteiger partial charge on any atom is 0.407 e. The van der Waals surface area contributed by atoms with Crippen molar-refractivity contribution in [2.45, 2.75) is 51.6 Å². The number of alkyl carbamates (subject to hydrolysis) is 1. The minimum atomic E-state index is -0.501. The summed E-state index contributed by atoms with van der Waals surface area (Å²) in [5, 5.41) is 2.80. The molecular formula is C19H26FNO3. The normalized spacial score (nSPS) is 22.8. The van der Waals surface area contributed by atoms with Crippen LogP contribution in [0.25, 0.3) is 0 Å². The molecule has 1 unspecified atom stereocenters. The van der Waals surface area contributed by atoms with Crippen molar-refractivity contribution >= 4 is 6.09 Å². The molecule has 1 aromatic rings. The largest absolute Gasteiger partial charge is 0.493 e. The van der Waals surface area contributed by atoms with E-state index >= 15 is 0 Å². The Hall–Kier alpha value is -1.78. The Morgan fingerprint density at radius 2 is 2.08 bits per heavy atom. The lowest BCUT2D eigenvalue weighted by atomic mass is 10.1. The van der Waals surface area contributed by atoms with Gasteiger partial charge in [-0.15, -0.1) is 0 Å². The first-order chi connectivity index (χ1) is 11.3. The fourth-order valence-corrected chi connectivity index (χ4v) is 2.82.